The van der Waals surface area contributed by atoms with Crippen LogP contribution in [0.2, 0.25) is 0 Å². The zero-order valence-electron chi connectivity index (χ0n) is 11.4. The van der Waals surface area contributed by atoms with Crippen molar-refractivity contribution >= 4 is 5.97 Å². The molecule has 0 fully saturated rings. The molecule has 0 saturated carbocycles. The van der Waals surface area contributed by atoms with Crippen molar-refractivity contribution in [1.29, 1.82) is 0 Å². The predicted octanol–water partition coefficient (Wildman–Crippen LogP) is 2.72. The lowest BCUT2D eigenvalue weighted by atomic mass is 10.2. The molecule has 3 rings (SSSR count). The van der Waals surface area contributed by atoms with Gasteiger partial charge in [0.05, 0.1) is 24.6 Å². The van der Waals surface area contributed by atoms with Gasteiger partial charge in [-0.25, -0.2) is 9.48 Å². The topological polar surface area (TPSA) is 57.0 Å². The summed E-state index contributed by atoms with van der Waals surface area (Å²) in [5.41, 5.74) is 3.01. The van der Waals surface area contributed by atoms with Gasteiger partial charge in [-0.3, -0.25) is 0 Å². The first kappa shape index (κ1) is 13.1. The third kappa shape index (κ3) is 2.67. The second-order valence-corrected chi connectivity index (χ2v) is 4.46. The molecule has 0 unspecified atom stereocenters. The van der Waals surface area contributed by atoms with Gasteiger partial charge in [0, 0.05) is 5.56 Å². The molecule has 0 aliphatic heterocycles. The maximum Gasteiger partial charge on any atom is 0.337 e. The number of nitrogens with zero attached hydrogens (tertiary/aromatic N) is 3. The van der Waals surface area contributed by atoms with Crippen LogP contribution in [0.25, 0.3) is 16.9 Å². The summed E-state index contributed by atoms with van der Waals surface area (Å²) in [5.74, 6) is -0.375. The summed E-state index contributed by atoms with van der Waals surface area (Å²) in [6, 6.07) is 16.9. The van der Waals surface area contributed by atoms with E-state index < -0.39 is 0 Å². The van der Waals surface area contributed by atoms with Crippen molar-refractivity contribution in [2.45, 2.75) is 0 Å². The Kier molecular flexibility index (Phi) is 3.47. The van der Waals surface area contributed by atoms with E-state index in [2.05, 4.69) is 10.3 Å². The Balaban J connectivity index is 1.95. The van der Waals surface area contributed by atoms with E-state index in [0.29, 0.717) is 5.56 Å². The molecule has 0 amide bonds. The average Bonchev–Trinajstić information content (AvgIpc) is 3.05. The first-order valence-corrected chi connectivity index (χ1v) is 6.44. The van der Waals surface area contributed by atoms with E-state index in [9.17, 15) is 4.79 Å². The van der Waals surface area contributed by atoms with E-state index in [-0.39, 0.29) is 5.97 Å². The Morgan fingerprint density at radius 2 is 1.90 bits per heavy atom. The molecule has 2 aromatic carbocycles. The molecule has 0 atom stereocenters. The van der Waals surface area contributed by atoms with Gasteiger partial charge in [-0.1, -0.05) is 41.6 Å². The van der Waals surface area contributed by atoms with Crippen LogP contribution in [-0.2, 0) is 4.74 Å². The van der Waals surface area contributed by atoms with Gasteiger partial charge < -0.3 is 4.74 Å². The van der Waals surface area contributed by atoms with Crippen molar-refractivity contribution in [1.82, 2.24) is 15.0 Å². The number of hydrogen-bond acceptors (Lipinski definition) is 4. The third-order valence-corrected chi connectivity index (χ3v) is 3.09. The summed E-state index contributed by atoms with van der Waals surface area (Å²) in [7, 11) is 1.36. The molecule has 5 nitrogen and oxygen atoms in total. The van der Waals surface area contributed by atoms with E-state index in [0.717, 1.165) is 16.9 Å². The summed E-state index contributed by atoms with van der Waals surface area (Å²) in [6.07, 6.45) is 1.83. The van der Waals surface area contributed by atoms with Gasteiger partial charge >= 0.3 is 5.97 Å². The molecule has 3 aromatic rings. The van der Waals surface area contributed by atoms with Crippen LogP contribution < -0.4 is 0 Å². The molecule has 0 radical (unpaired) electrons. The monoisotopic (exact) mass is 279 g/mol. The third-order valence-electron chi connectivity index (χ3n) is 3.09. The van der Waals surface area contributed by atoms with E-state index >= 15 is 0 Å². The average molecular weight is 279 g/mol. The standard InChI is InChI=1S/C16H13N3O2/c1-21-16(20)13-8-5-9-14(10-13)19-11-15(17-18-19)12-6-3-2-4-7-12/h2-11H,1H3. The fraction of sp³-hybridized carbons (Fsp3) is 0.0625. The lowest BCUT2D eigenvalue weighted by molar-refractivity contribution is 0.0600. The maximum absolute atomic E-state index is 11.6. The maximum atomic E-state index is 11.6. The number of esters is 1. The van der Waals surface area contributed by atoms with E-state index in [1.165, 1.54) is 7.11 Å². The number of carbonyl (C=O) groups is 1. The molecule has 1 aromatic heterocycles. The largest absolute Gasteiger partial charge is 0.465 e. The molecule has 0 saturated heterocycles. The quantitative estimate of drug-likeness (QED) is 0.692. The molecule has 0 aliphatic carbocycles. The first-order chi connectivity index (χ1) is 10.3. The number of methoxy groups -OCH3 is 1. The molecule has 21 heavy (non-hydrogen) atoms. The molecule has 1 heterocycles. The van der Waals surface area contributed by atoms with Gasteiger partial charge in [0.25, 0.3) is 0 Å². The smallest absolute Gasteiger partial charge is 0.337 e. The highest BCUT2D eigenvalue weighted by molar-refractivity contribution is 5.89. The minimum absolute atomic E-state index is 0.375. The molecule has 0 bridgehead atoms. The predicted molar refractivity (Wildman–Crippen MR) is 78.1 cm³/mol. The second kappa shape index (κ2) is 5.58. The second-order valence-electron chi connectivity index (χ2n) is 4.46. The van der Waals surface area contributed by atoms with Crippen molar-refractivity contribution < 1.29 is 9.53 Å². The number of benzene rings is 2. The molecular weight excluding hydrogens is 266 g/mol. The van der Waals surface area contributed by atoms with Gasteiger partial charge in [-0.2, -0.15) is 0 Å². The Labute approximate surface area is 121 Å². The van der Waals surface area contributed by atoms with Crippen molar-refractivity contribution in [2.24, 2.45) is 0 Å². The van der Waals surface area contributed by atoms with Crippen LogP contribution in [0, 0.1) is 0 Å². The van der Waals surface area contributed by atoms with Crippen molar-refractivity contribution in [3.05, 3.63) is 66.4 Å². The zero-order chi connectivity index (χ0) is 14.7. The van der Waals surface area contributed by atoms with Crippen molar-refractivity contribution in [3.8, 4) is 16.9 Å². The summed E-state index contributed by atoms with van der Waals surface area (Å²) in [5, 5.41) is 8.26. The SMILES string of the molecule is COC(=O)c1cccc(-n2cc(-c3ccccc3)nn2)c1. The molecule has 5 heteroatoms. The Hall–Kier alpha value is -2.95. The molecule has 0 N–H and O–H groups in total. The summed E-state index contributed by atoms with van der Waals surface area (Å²) in [6.45, 7) is 0. The van der Waals surface area contributed by atoms with Crippen molar-refractivity contribution in [2.75, 3.05) is 7.11 Å². The summed E-state index contributed by atoms with van der Waals surface area (Å²) in [4.78, 5) is 11.6. The summed E-state index contributed by atoms with van der Waals surface area (Å²) >= 11 is 0. The van der Waals surface area contributed by atoms with Crippen molar-refractivity contribution in [3.63, 3.8) is 0 Å². The molecule has 104 valence electrons. The van der Waals surface area contributed by atoms with E-state index in [4.69, 9.17) is 4.74 Å². The van der Waals surface area contributed by atoms with Crippen LogP contribution in [0.1, 0.15) is 10.4 Å². The van der Waals surface area contributed by atoms with Gasteiger partial charge in [0.15, 0.2) is 0 Å². The number of aromatic nitrogens is 3. The van der Waals surface area contributed by atoms with Crippen LogP contribution >= 0.6 is 0 Å². The van der Waals surface area contributed by atoms with E-state index in [1.54, 1.807) is 22.9 Å². The highest BCUT2D eigenvalue weighted by Crippen LogP contribution is 2.17. The zero-order valence-corrected chi connectivity index (χ0v) is 11.4. The lowest BCUT2D eigenvalue weighted by Gasteiger charge is -2.03. The fourth-order valence-corrected chi connectivity index (χ4v) is 2.02. The Morgan fingerprint density at radius 1 is 1.10 bits per heavy atom. The normalized spacial score (nSPS) is 10.3. The van der Waals surface area contributed by atoms with Crippen LogP contribution in [0.15, 0.2) is 60.8 Å². The van der Waals surface area contributed by atoms with Gasteiger partial charge in [0.2, 0.25) is 0 Å². The highest BCUT2D eigenvalue weighted by Gasteiger charge is 2.09. The van der Waals surface area contributed by atoms with E-state index in [1.807, 2.05) is 42.6 Å². The van der Waals surface area contributed by atoms with Gasteiger partial charge in [-0.15, -0.1) is 5.10 Å². The molecular formula is C16H13N3O2. The number of carbonyl (C=O) groups excluding carboxylic acids is 1. The number of ether oxygens (including phenoxy) is 1. The van der Waals surface area contributed by atoms with Crippen LogP contribution in [0.3, 0.4) is 0 Å². The number of rotatable bonds is 3. The fourth-order valence-electron chi connectivity index (χ4n) is 2.02. The lowest BCUT2D eigenvalue weighted by Crippen LogP contribution is -2.03. The van der Waals surface area contributed by atoms with Gasteiger partial charge in [0.1, 0.15) is 5.69 Å². The Bertz CT molecular complexity index is 766. The van der Waals surface area contributed by atoms with Crippen LogP contribution in [0.4, 0.5) is 0 Å². The van der Waals surface area contributed by atoms with Gasteiger partial charge in [-0.05, 0) is 18.2 Å². The first-order valence-electron chi connectivity index (χ1n) is 6.44. The highest BCUT2D eigenvalue weighted by atomic mass is 16.5. The molecule has 0 aliphatic rings. The molecule has 0 spiro atoms. The van der Waals surface area contributed by atoms with Crippen LogP contribution in [-0.4, -0.2) is 28.1 Å². The minimum Gasteiger partial charge on any atom is -0.465 e. The summed E-state index contributed by atoms with van der Waals surface area (Å²) < 4.78 is 6.35. The minimum atomic E-state index is -0.375. The van der Waals surface area contributed by atoms with Crippen LogP contribution in [0.5, 0.6) is 0 Å². The number of hydrogen-bond donors (Lipinski definition) is 0. The Morgan fingerprint density at radius 3 is 2.67 bits per heavy atom.